The van der Waals surface area contributed by atoms with Crippen molar-refractivity contribution in [3.63, 3.8) is 0 Å². The first-order chi connectivity index (χ1) is 8.13. The highest BCUT2D eigenvalue weighted by molar-refractivity contribution is 6.31. The van der Waals surface area contributed by atoms with E-state index in [4.69, 9.17) is 16.3 Å². The summed E-state index contributed by atoms with van der Waals surface area (Å²) >= 11 is 6.06. The van der Waals surface area contributed by atoms with E-state index in [9.17, 15) is 5.11 Å². The molecule has 1 fully saturated rings. The Hall–Kier alpha value is -0.640. The molecule has 0 aromatic carbocycles. The van der Waals surface area contributed by atoms with Crippen LogP contribution in [0.25, 0.3) is 0 Å². The minimum Gasteiger partial charge on any atom is -0.390 e. The summed E-state index contributed by atoms with van der Waals surface area (Å²) in [7, 11) is 1.73. The fraction of sp³-hybridized carbons (Fsp3) is 0.615. The van der Waals surface area contributed by atoms with Gasteiger partial charge in [-0.2, -0.15) is 0 Å². The Kier molecular flexibility index (Phi) is 4.02. The Labute approximate surface area is 107 Å². The minimum absolute atomic E-state index is 0.295. The van der Waals surface area contributed by atoms with Crippen LogP contribution in [0.3, 0.4) is 0 Å². The van der Waals surface area contributed by atoms with Gasteiger partial charge in [-0.15, -0.1) is 0 Å². The number of hydrogen-bond donors (Lipinski definition) is 1. The van der Waals surface area contributed by atoms with Gasteiger partial charge in [0.15, 0.2) is 0 Å². The van der Waals surface area contributed by atoms with Gasteiger partial charge >= 0.3 is 0 Å². The summed E-state index contributed by atoms with van der Waals surface area (Å²) in [5, 5.41) is 11.2. The second-order valence-corrected chi connectivity index (χ2v) is 5.21. The van der Waals surface area contributed by atoms with E-state index in [0.717, 1.165) is 31.2 Å². The Bertz CT molecular complexity index is 375. The molecule has 1 aliphatic rings. The summed E-state index contributed by atoms with van der Waals surface area (Å²) in [4.78, 5) is 3.95. The first-order valence-electron chi connectivity index (χ1n) is 5.96. The van der Waals surface area contributed by atoms with Crippen LogP contribution in [0.4, 0.5) is 0 Å². The molecule has 94 valence electrons. The number of aromatic nitrogens is 1. The zero-order chi connectivity index (χ0) is 12.3. The third-order valence-corrected chi connectivity index (χ3v) is 3.91. The smallest absolute Gasteiger partial charge is 0.0690 e. The third-order valence-electron chi connectivity index (χ3n) is 3.57. The normalized spacial score (nSPS) is 29.2. The standard InChI is InChI=1S/C13H18ClNO2/c1-17-11-2-5-13(16,6-3-11)8-10-4-7-15-9-12(10)14/h4,7,9,11,16H,2-3,5-6,8H2,1H3. The van der Waals surface area contributed by atoms with Gasteiger partial charge in [0.25, 0.3) is 0 Å². The number of pyridine rings is 1. The largest absolute Gasteiger partial charge is 0.390 e. The lowest BCUT2D eigenvalue weighted by molar-refractivity contribution is -0.0427. The predicted octanol–water partition coefficient (Wildman–Crippen LogP) is 2.60. The van der Waals surface area contributed by atoms with E-state index in [1.165, 1.54) is 0 Å². The van der Waals surface area contributed by atoms with Crippen LogP contribution in [0.15, 0.2) is 18.5 Å². The van der Waals surface area contributed by atoms with E-state index in [0.29, 0.717) is 17.5 Å². The molecule has 0 atom stereocenters. The van der Waals surface area contributed by atoms with Gasteiger partial charge in [0, 0.05) is 25.9 Å². The van der Waals surface area contributed by atoms with Crippen molar-refractivity contribution in [2.45, 2.75) is 43.8 Å². The molecule has 1 aromatic heterocycles. The summed E-state index contributed by atoms with van der Waals surface area (Å²) in [6.07, 6.45) is 7.60. The summed E-state index contributed by atoms with van der Waals surface area (Å²) in [5.41, 5.74) is 0.333. The van der Waals surface area contributed by atoms with Crippen LogP contribution in [0, 0.1) is 0 Å². The van der Waals surface area contributed by atoms with Crippen molar-refractivity contribution in [2.24, 2.45) is 0 Å². The summed E-state index contributed by atoms with van der Waals surface area (Å²) in [6, 6.07) is 1.88. The van der Waals surface area contributed by atoms with Crippen molar-refractivity contribution in [1.82, 2.24) is 4.98 Å². The molecule has 17 heavy (non-hydrogen) atoms. The van der Waals surface area contributed by atoms with Crippen molar-refractivity contribution in [1.29, 1.82) is 0 Å². The third kappa shape index (κ3) is 3.18. The maximum absolute atomic E-state index is 10.5. The Morgan fingerprint density at radius 2 is 2.24 bits per heavy atom. The highest BCUT2D eigenvalue weighted by Crippen LogP contribution is 2.33. The topological polar surface area (TPSA) is 42.4 Å². The molecule has 1 saturated carbocycles. The van der Waals surface area contributed by atoms with Crippen molar-refractivity contribution >= 4 is 11.6 Å². The lowest BCUT2D eigenvalue weighted by Gasteiger charge is -2.35. The van der Waals surface area contributed by atoms with Gasteiger partial charge in [-0.25, -0.2) is 0 Å². The van der Waals surface area contributed by atoms with E-state index in [1.807, 2.05) is 6.07 Å². The molecule has 0 bridgehead atoms. The molecule has 0 radical (unpaired) electrons. The van der Waals surface area contributed by atoms with Gasteiger partial charge in [-0.3, -0.25) is 4.98 Å². The van der Waals surface area contributed by atoms with Gasteiger partial charge in [0.05, 0.1) is 16.7 Å². The first-order valence-corrected chi connectivity index (χ1v) is 6.34. The average Bonchev–Trinajstić information content (AvgIpc) is 2.33. The van der Waals surface area contributed by atoms with E-state index < -0.39 is 5.60 Å². The SMILES string of the molecule is COC1CCC(O)(Cc2ccncc2Cl)CC1. The van der Waals surface area contributed by atoms with Crippen LogP contribution in [0.1, 0.15) is 31.2 Å². The number of hydrogen-bond acceptors (Lipinski definition) is 3. The van der Waals surface area contributed by atoms with Gasteiger partial charge in [0.1, 0.15) is 0 Å². The molecule has 4 heteroatoms. The summed E-state index contributed by atoms with van der Waals surface area (Å²) in [6.45, 7) is 0. The number of aliphatic hydroxyl groups is 1. The van der Waals surface area contributed by atoms with E-state index >= 15 is 0 Å². The average molecular weight is 256 g/mol. The number of halogens is 1. The second-order valence-electron chi connectivity index (χ2n) is 4.80. The summed E-state index contributed by atoms with van der Waals surface area (Å²) in [5.74, 6) is 0. The molecule has 1 heterocycles. The molecule has 1 aromatic rings. The van der Waals surface area contributed by atoms with Crippen molar-refractivity contribution in [3.05, 3.63) is 29.0 Å². The molecular formula is C13H18ClNO2. The Balaban J connectivity index is 2.01. The number of methoxy groups -OCH3 is 1. The Morgan fingerprint density at radius 3 is 2.82 bits per heavy atom. The molecule has 0 spiro atoms. The zero-order valence-corrected chi connectivity index (χ0v) is 10.8. The fourth-order valence-electron chi connectivity index (χ4n) is 2.44. The molecule has 0 aliphatic heterocycles. The number of ether oxygens (including phenoxy) is 1. The van der Waals surface area contributed by atoms with Crippen molar-refractivity contribution < 1.29 is 9.84 Å². The Morgan fingerprint density at radius 1 is 1.53 bits per heavy atom. The fourth-order valence-corrected chi connectivity index (χ4v) is 2.63. The van der Waals surface area contributed by atoms with Gasteiger partial charge < -0.3 is 9.84 Å². The van der Waals surface area contributed by atoms with Gasteiger partial charge in [-0.05, 0) is 37.3 Å². The van der Waals surface area contributed by atoms with Gasteiger partial charge in [-0.1, -0.05) is 11.6 Å². The molecule has 1 N–H and O–H groups in total. The quantitative estimate of drug-likeness (QED) is 0.903. The highest BCUT2D eigenvalue weighted by Gasteiger charge is 2.33. The maximum Gasteiger partial charge on any atom is 0.0690 e. The second kappa shape index (κ2) is 5.34. The summed E-state index contributed by atoms with van der Waals surface area (Å²) < 4.78 is 5.31. The highest BCUT2D eigenvalue weighted by atomic mass is 35.5. The lowest BCUT2D eigenvalue weighted by atomic mass is 9.79. The maximum atomic E-state index is 10.5. The van der Waals surface area contributed by atoms with Crippen LogP contribution < -0.4 is 0 Å². The van der Waals surface area contributed by atoms with Gasteiger partial charge in [0.2, 0.25) is 0 Å². The van der Waals surface area contributed by atoms with Crippen molar-refractivity contribution in [2.75, 3.05) is 7.11 Å². The first kappa shape index (κ1) is 12.8. The molecule has 0 saturated heterocycles. The molecule has 3 nitrogen and oxygen atoms in total. The van der Waals surface area contributed by atoms with Crippen molar-refractivity contribution in [3.8, 4) is 0 Å². The molecule has 1 aliphatic carbocycles. The van der Waals surface area contributed by atoms with E-state index in [1.54, 1.807) is 19.5 Å². The molecule has 2 rings (SSSR count). The van der Waals surface area contributed by atoms with Crippen LogP contribution >= 0.6 is 11.6 Å². The molecule has 0 unspecified atom stereocenters. The monoisotopic (exact) mass is 255 g/mol. The number of rotatable bonds is 3. The molecule has 0 amide bonds. The van der Waals surface area contributed by atoms with E-state index in [-0.39, 0.29) is 0 Å². The van der Waals surface area contributed by atoms with Crippen LogP contribution in [0.5, 0.6) is 0 Å². The van der Waals surface area contributed by atoms with Crippen LogP contribution in [-0.2, 0) is 11.2 Å². The van der Waals surface area contributed by atoms with E-state index in [2.05, 4.69) is 4.98 Å². The molecular weight excluding hydrogens is 238 g/mol. The van der Waals surface area contributed by atoms with Crippen LogP contribution in [0.2, 0.25) is 5.02 Å². The minimum atomic E-state index is -0.639. The zero-order valence-electron chi connectivity index (χ0n) is 10.0. The predicted molar refractivity (Wildman–Crippen MR) is 67.2 cm³/mol. The lowest BCUT2D eigenvalue weighted by Crippen LogP contribution is -2.38. The number of nitrogens with zero attached hydrogens (tertiary/aromatic N) is 1. The van der Waals surface area contributed by atoms with Crippen LogP contribution in [-0.4, -0.2) is 28.9 Å².